The van der Waals surface area contributed by atoms with Crippen LogP contribution in [0.25, 0.3) is 0 Å². The van der Waals surface area contributed by atoms with Crippen LogP contribution in [0.5, 0.6) is 0 Å². The molecule has 0 fully saturated rings. The standard InChI is InChI=1S/C18H23O3P/c19-15-18(20)22(21,13-11-16-7-3-1-4-8-16)14-12-17-9-5-2-6-10-17/h1-10,18-20H,11-15H2. The summed E-state index contributed by atoms with van der Waals surface area (Å²) in [5.74, 6) is -1.13. The van der Waals surface area contributed by atoms with E-state index in [0.717, 1.165) is 11.1 Å². The maximum atomic E-state index is 13.1. The molecular formula is C18H23O3P. The molecule has 0 bridgehead atoms. The molecule has 2 rings (SSSR count). The molecule has 2 aromatic rings. The zero-order valence-corrected chi connectivity index (χ0v) is 13.5. The van der Waals surface area contributed by atoms with Crippen LogP contribution in [0.1, 0.15) is 11.1 Å². The second-order valence-corrected chi connectivity index (χ2v) is 8.93. The van der Waals surface area contributed by atoms with Crippen molar-refractivity contribution >= 4 is 7.14 Å². The molecule has 0 amide bonds. The highest BCUT2D eigenvalue weighted by molar-refractivity contribution is 7.64. The lowest BCUT2D eigenvalue weighted by atomic mass is 10.2. The Morgan fingerprint density at radius 2 is 1.23 bits per heavy atom. The average molecular weight is 318 g/mol. The summed E-state index contributed by atoms with van der Waals surface area (Å²) in [4.78, 5) is 0. The van der Waals surface area contributed by atoms with E-state index in [0.29, 0.717) is 25.2 Å². The van der Waals surface area contributed by atoms with E-state index in [9.17, 15) is 14.8 Å². The Morgan fingerprint density at radius 3 is 1.59 bits per heavy atom. The Hall–Kier alpha value is -1.41. The third kappa shape index (κ3) is 4.81. The van der Waals surface area contributed by atoms with Crippen LogP contribution in [0, 0.1) is 0 Å². The Bertz CT molecular complexity index is 551. The first-order valence-corrected chi connectivity index (χ1v) is 9.73. The monoisotopic (exact) mass is 318 g/mol. The minimum atomic E-state index is -2.84. The zero-order chi connectivity index (χ0) is 15.8. The molecule has 118 valence electrons. The van der Waals surface area contributed by atoms with E-state index in [1.54, 1.807) is 0 Å². The molecule has 1 unspecified atom stereocenters. The smallest absolute Gasteiger partial charge is 0.130 e. The van der Waals surface area contributed by atoms with Crippen LogP contribution in [0.3, 0.4) is 0 Å². The summed E-state index contributed by atoms with van der Waals surface area (Å²) in [6.45, 7) is -0.444. The fraction of sp³-hybridized carbons (Fsp3) is 0.333. The van der Waals surface area contributed by atoms with Crippen molar-refractivity contribution in [3.05, 3.63) is 71.8 Å². The van der Waals surface area contributed by atoms with Gasteiger partial charge in [-0.25, -0.2) is 0 Å². The van der Waals surface area contributed by atoms with Gasteiger partial charge in [0.05, 0.1) is 6.61 Å². The average Bonchev–Trinajstić information content (AvgIpc) is 2.59. The van der Waals surface area contributed by atoms with E-state index < -0.39 is 19.6 Å². The van der Waals surface area contributed by atoms with Gasteiger partial charge in [0, 0.05) is 12.3 Å². The molecule has 0 radical (unpaired) electrons. The van der Waals surface area contributed by atoms with Crippen LogP contribution in [-0.2, 0) is 17.4 Å². The van der Waals surface area contributed by atoms with Crippen molar-refractivity contribution in [1.29, 1.82) is 0 Å². The number of hydrogen-bond acceptors (Lipinski definition) is 3. The van der Waals surface area contributed by atoms with Gasteiger partial charge in [0.2, 0.25) is 0 Å². The molecule has 3 nitrogen and oxygen atoms in total. The van der Waals surface area contributed by atoms with Gasteiger partial charge in [-0.1, -0.05) is 60.7 Å². The van der Waals surface area contributed by atoms with E-state index in [1.165, 1.54) is 0 Å². The van der Waals surface area contributed by atoms with Crippen LogP contribution >= 0.6 is 7.14 Å². The van der Waals surface area contributed by atoms with Gasteiger partial charge < -0.3 is 14.8 Å². The van der Waals surface area contributed by atoms with E-state index in [1.807, 2.05) is 60.7 Å². The van der Waals surface area contributed by atoms with Gasteiger partial charge >= 0.3 is 0 Å². The Morgan fingerprint density at radius 1 is 0.818 bits per heavy atom. The van der Waals surface area contributed by atoms with Gasteiger partial charge in [0.15, 0.2) is 0 Å². The highest BCUT2D eigenvalue weighted by Gasteiger charge is 2.30. The van der Waals surface area contributed by atoms with Crippen LogP contribution in [-0.4, -0.2) is 35.0 Å². The minimum absolute atomic E-state index is 0.422. The molecule has 0 heterocycles. The highest BCUT2D eigenvalue weighted by Crippen LogP contribution is 2.50. The molecular weight excluding hydrogens is 295 g/mol. The molecule has 0 aliphatic heterocycles. The van der Waals surface area contributed by atoms with Crippen molar-refractivity contribution in [2.75, 3.05) is 18.9 Å². The fourth-order valence-corrected chi connectivity index (χ4v) is 4.88. The Labute approximate surface area is 132 Å². The van der Waals surface area contributed by atoms with Crippen molar-refractivity contribution in [3.63, 3.8) is 0 Å². The number of aliphatic hydroxyl groups is 2. The van der Waals surface area contributed by atoms with Crippen LogP contribution in [0.15, 0.2) is 60.7 Å². The number of aryl methyl sites for hydroxylation is 2. The summed E-state index contributed by atoms with van der Waals surface area (Å²) in [5.41, 5.74) is 2.21. The third-order valence-electron chi connectivity index (χ3n) is 3.95. The van der Waals surface area contributed by atoms with Crippen molar-refractivity contribution in [3.8, 4) is 0 Å². The third-order valence-corrected chi connectivity index (χ3v) is 7.16. The maximum absolute atomic E-state index is 13.1. The normalized spacial score (nSPS) is 13.0. The van der Waals surface area contributed by atoms with Crippen LogP contribution in [0.2, 0.25) is 0 Å². The largest absolute Gasteiger partial charge is 0.393 e. The molecule has 0 spiro atoms. The van der Waals surface area contributed by atoms with Crippen LogP contribution in [0.4, 0.5) is 0 Å². The summed E-state index contributed by atoms with van der Waals surface area (Å²) < 4.78 is 13.1. The van der Waals surface area contributed by atoms with Gasteiger partial charge in [0.25, 0.3) is 0 Å². The summed E-state index contributed by atoms with van der Waals surface area (Å²) >= 11 is 0. The van der Waals surface area contributed by atoms with Crippen molar-refractivity contribution in [1.82, 2.24) is 0 Å². The summed E-state index contributed by atoms with van der Waals surface area (Å²) in [6.07, 6.45) is 2.16. The molecule has 0 aliphatic carbocycles. The highest BCUT2D eigenvalue weighted by atomic mass is 31.2. The van der Waals surface area contributed by atoms with E-state index in [4.69, 9.17) is 0 Å². The van der Waals surface area contributed by atoms with Gasteiger partial charge in [-0.15, -0.1) is 0 Å². The first kappa shape index (κ1) is 17.0. The number of benzene rings is 2. The Balaban J connectivity index is 2.02. The second kappa shape index (κ2) is 8.28. The lowest BCUT2D eigenvalue weighted by Gasteiger charge is -2.22. The topological polar surface area (TPSA) is 57.5 Å². The summed E-state index contributed by atoms with van der Waals surface area (Å²) in [6, 6.07) is 19.7. The SMILES string of the molecule is O=P(CCc1ccccc1)(CCc1ccccc1)C(O)CO. The first-order valence-electron chi connectivity index (χ1n) is 7.58. The maximum Gasteiger partial charge on any atom is 0.130 e. The number of rotatable bonds is 8. The van der Waals surface area contributed by atoms with E-state index in [-0.39, 0.29) is 0 Å². The van der Waals surface area contributed by atoms with Crippen molar-refractivity contribution in [2.45, 2.75) is 18.7 Å². The molecule has 0 saturated carbocycles. The lowest BCUT2D eigenvalue weighted by Crippen LogP contribution is -2.19. The molecule has 4 heteroatoms. The number of hydrogen-bond donors (Lipinski definition) is 2. The van der Waals surface area contributed by atoms with Gasteiger partial charge in [-0.2, -0.15) is 0 Å². The van der Waals surface area contributed by atoms with Crippen LogP contribution < -0.4 is 0 Å². The predicted molar refractivity (Wildman–Crippen MR) is 90.7 cm³/mol. The molecule has 1 atom stereocenters. The van der Waals surface area contributed by atoms with Crippen molar-refractivity contribution < 1.29 is 14.8 Å². The summed E-state index contributed by atoms with van der Waals surface area (Å²) in [5, 5.41) is 19.3. The molecule has 0 aliphatic rings. The van der Waals surface area contributed by atoms with Gasteiger partial charge in [0.1, 0.15) is 13.0 Å². The van der Waals surface area contributed by atoms with Gasteiger partial charge in [-0.05, 0) is 24.0 Å². The number of aliphatic hydroxyl groups excluding tert-OH is 2. The summed E-state index contributed by atoms with van der Waals surface area (Å²) in [7, 11) is -2.84. The lowest BCUT2D eigenvalue weighted by molar-refractivity contribution is 0.150. The molecule has 0 saturated heterocycles. The second-order valence-electron chi connectivity index (χ2n) is 5.53. The fourth-order valence-electron chi connectivity index (χ4n) is 2.48. The van der Waals surface area contributed by atoms with E-state index >= 15 is 0 Å². The quantitative estimate of drug-likeness (QED) is 0.735. The predicted octanol–water partition coefficient (Wildman–Crippen LogP) is 3.15. The van der Waals surface area contributed by atoms with Crippen molar-refractivity contribution in [2.24, 2.45) is 0 Å². The van der Waals surface area contributed by atoms with E-state index in [2.05, 4.69) is 0 Å². The zero-order valence-electron chi connectivity index (χ0n) is 12.6. The molecule has 2 aromatic carbocycles. The molecule has 2 N–H and O–H groups in total. The first-order chi connectivity index (χ1) is 10.6. The molecule has 0 aromatic heterocycles. The minimum Gasteiger partial charge on any atom is -0.393 e. The Kier molecular flexibility index (Phi) is 6.38. The molecule has 22 heavy (non-hydrogen) atoms. The van der Waals surface area contributed by atoms with Gasteiger partial charge in [-0.3, -0.25) is 0 Å².